The summed E-state index contributed by atoms with van der Waals surface area (Å²) in [7, 11) is 4.06. The van der Waals surface area contributed by atoms with Crippen LogP contribution in [0, 0.1) is 0 Å². The summed E-state index contributed by atoms with van der Waals surface area (Å²) < 4.78 is 5.81. The lowest BCUT2D eigenvalue weighted by atomic mass is 10.1. The third kappa shape index (κ3) is 5.37. The summed E-state index contributed by atoms with van der Waals surface area (Å²) in [6.07, 6.45) is 0.875. The number of ether oxygens (including phenoxy) is 1. The zero-order valence-electron chi connectivity index (χ0n) is 17.8. The van der Waals surface area contributed by atoms with Crippen molar-refractivity contribution < 1.29 is 9.53 Å². The summed E-state index contributed by atoms with van der Waals surface area (Å²) in [4.78, 5) is 19.7. The molecule has 0 unspecified atom stereocenters. The first kappa shape index (κ1) is 21.8. The Balaban J connectivity index is 1.67. The van der Waals surface area contributed by atoms with Crippen LogP contribution in [0.25, 0.3) is 0 Å². The second kappa shape index (κ2) is 9.73. The summed E-state index contributed by atoms with van der Waals surface area (Å²) in [5.41, 5.74) is 8.63. The van der Waals surface area contributed by atoms with Crippen LogP contribution in [-0.2, 0) is 6.42 Å². The van der Waals surface area contributed by atoms with E-state index in [9.17, 15) is 4.79 Å². The molecule has 0 saturated carbocycles. The number of hydrogen-bond donors (Lipinski definition) is 2. The minimum absolute atomic E-state index is 0.105. The Morgan fingerprint density at radius 3 is 2.63 bits per heavy atom. The Bertz CT molecular complexity index is 999. The van der Waals surface area contributed by atoms with E-state index in [1.807, 2.05) is 62.6 Å². The Labute approximate surface area is 181 Å². The van der Waals surface area contributed by atoms with Crippen molar-refractivity contribution in [3.8, 4) is 5.75 Å². The highest BCUT2D eigenvalue weighted by Crippen LogP contribution is 2.30. The average molecular weight is 425 g/mol. The molecular weight excluding hydrogens is 396 g/mol. The first-order chi connectivity index (χ1) is 14.4. The van der Waals surface area contributed by atoms with E-state index >= 15 is 0 Å². The van der Waals surface area contributed by atoms with E-state index in [4.69, 9.17) is 10.5 Å². The molecule has 3 N–H and O–H groups in total. The molecular formula is C23H28N4O2S. The molecule has 30 heavy (non-hydrogen) atoms. The van der Waals surface area contributed by atoms with Crippen LogP contribution in [0.2, 0.25) is 0 Å². The van der Waals surface area contributed by atoms with E-state index < -0.39 is 0 Å². The van der Waals surface area contributed by atoms with Gasteiger partial charge in [-0.25, -0.2) is 4.98 Å². The fourth-order valence-corrected chi connectivity index (χ4v) is 3.60. The SMILES string of the molecule is CCc1cccc(C(=O)c2sc(Nc3ccc(OC[C@@H](C)N(C)C)cc3)nc2N)c1. The second-order valence-corrected chi connectivity index (χ2v) is 8.39. The van der Waals surface area contributed by atoms with Crippen LogP contribution in [-0.4, -0.2) is 42.4 Å². The van der Waals surface area contributed by atoms with Crippen molar-refractivity contribution in [3.05, 3.63) is 64.5 Å². The number of nitrogen functional groups attached to an aromatic ring is 1. The van der Waals surface area contributed by atoms with Crippen LogP contribution >= 0.6 is 11.3 Å². The van der Waals surface area contributed by atoms with E-state index in [2.05, 4.69) is 29.0 Å². The number of carbonyl (C=O) groups is 1. The molecule has 0 radical (unpaired) electrons. The molecule has 0 fully saturated rings. The quantitative estimate of drug-likeness (QED) is 0.489. The molecule has 2 aromatic carbocycles. The maximum Gasteiger partial charge on any atom is 0.206 e. The van der Waals surface area contributed by atoms with Gasteiger partial charge in [-0.2, -0.15) is 0 Å². The van der Waals surface area contributed by atoms with Gasteiger partial charge in [-0.05, 0) is 63.3 Å². The van der Waals surface area contributed by atoms with Crippen molar-refractivity contribution in [2.24, 2.45) is 0 Å². The lowest BCUT2D eigenvalue weighted by Gasteiger charge is -2.20. The number of anilines is 3. The molecule has 0 aliphatic carbocycles. The molecule has 0 aliphatic heterocycles. The van der Waals surface area contributed by atoms with Crippen LogP contribution in [0.5, 0.6) is 5.75 Å². The number of nitrogens with two attached hydrogens (primary N) is 1. The standard InChI is InChI=1S/C23H28N4O2S/c1-5-16-7-6-8-17(13-16)20(28)21-22(24)26-23(30-21)25-18-9-11-19(12-10-18)29-14-15(2)27(3)4/h6-13,15H,5,14,24H2,1-4H3,(H,25,26)/t15-/m1/s1. The predicted octanol–water partition coefficient (Wildman–Crippen LogP) is 4.59. The predicted molar refractivity (Wildman–Crippen MR) is 124 cm³/mol. The van der Waals surface area contributed by atoms with Crippen LogP contribution in [0.4, 0.5) is 16.6 Å². The molecule has 1 heterocycles. The van der Waals surface area contributed by atoms with Crippen LogP contribution < -0.4 is 15.8 Å². The van der Waals surface area contributed by atoms with E-state index in [0.717, 1.165) is 23.4 Å². The highest BCUT2D eigenvalue weighted by Gasteiger charge is 2.18. The topological polar surface area (TPSA) is 80.5 Å². The average Bonchev–Trinajstić information content (AvgIpc) is 3.12. The minimum atomic E-state index is -0.105. The van der Waals surface area contributed by atoms with Gasteiger partial charge in [0.2, 0.25) is 5.78 Å². The Kier molecular flexibility index (Phi) is 7.07. The maximum atomic E-state index is 12.9. The van der Waals surface area contributed by atoms with Crippen LogP contribution in [0.1, 0.15) is 34.6 Å². The summed E-state index contributed by atoms with van der Waals surface area (Å²) in [6.45, 7) is 4.79. The van der Waals surface area contributed by atoms with Crippen molar-refractivity contribution in [2.45, 2.75) is 26.3 Å². The van der Waals surface area contributed by atoms with Crippen molar-refractivity contribution in [1.29, 1.82) is 0 Å². The van der Waals surface area contributed by atoms with Crippen LogP contribution in [0.3, 0.4) is 0 Å². The van der Waals surface area contributed by atoms with Crippen molar-refractivity contribution in [3.63, 3.8) is 0 Å². The molecule has 6 nitrogen and oxygen atoms in total. The fraction of sp³-hybridized carbons (Fsp3) is 0.304. The number of rotatable bonds is 9. The van der Waals surface area contributed by atoms with Gasteiger partial charge in [0, 0.05) is 17.3 Å². The number of aryl methyl sites for hydroxylation is 1. The molecule has 7 heteroatoms. The van der Waals surface area contributed by atoms with E-state index in [1.54, 1.807) is 0 Å². The smallest absolute Gasteiger partial charge is 0.206 e. The molecule has 3 aromatic rings. The molecule has 0 aliphatic rings. The van der Waals surface area contributed by atoms with Crippen molar-refractivity contribution in [1.82, 2.24) is 9.88 Å². The number of thiazole rings is 1. The third-order valence-electron chi connectivity index (χ3n) is 4.94. The monoisotopic (exact) mass is 424 g/mol. The zero-order chi connectivity index (χ0) is 21.7. The highest BCUT2D eigenvalue weighted by atomic mass is 32.1. The molecule has 1 aromatic heterocycles. The number of nitrogens with one attached hydrogen (secondary N) is 1. The van der Waals surface area contributed by atoms with E-state index in [0.29, 0.717) is 28.2 Å². The molecule has 158 valence electrons. The minimum Gasteiger partial charge on any atom is -0.492 e. The second-order valence-electron chi connectivity index (χ2n) is 7.39. The molecule has 0 amide bonds. The fourth-order valence-electron chi connectivity index (χ4n) is 2.74. The Hall–Kier alpha value is -2.90. The Morgan fingerprint density at radius 2 is 1.97 bits per heavy atom. The molecule has 1 atom stereocenters. The first-order valence-corrected chi connectivity index (χ1v) is 10.7. The highest BCUT2D eigenvalue weighted by molar-refractivity contribution is 7.18. The largest absolute Gasteiger partial charge is 0.492 e. The van der Waals surface area contributed by atoms with Gasteiger partial charge in [-0.15, -0.1) is 0 Å². The van der Waals surface area contributed by atoms with Gasteiger partial charge in [0.25, 0.3) is 0 Å². The van der Waals surface area contributed by atoms with Gasteiger partial charge in [0.15, 0.2) is 5.13 Å². The molecule has 0 saturated heterocycles. The van der Waals surface area contributed by atoms with Gasteiger partial charge in [0.05, 0.1) is 0 Å². The Morgan fingerprint density at radius 1 is 1.23 bits per heavy atom. The lowest BCUT2D eigenvalue weighted by Crippen LogP contribution is -2.30. The maximum absolute atomic E-state index is 12.9. The third-order valence-corrected chi connectivity index (χ3v) is 5.92. The first-order valence-electron chi connectivity index (χ1n) is 9.93. The summed E-state index contributed by atoms with van der Waals surface area (Å²) in [5.74, 6) is 0.943. The van der Waals surface area contributed by atoms with Crippen molar-refractivity contribution in [2.75, 3.05) is 31.8 Å². The number of carbonyl (C=O) groups excluding carboxylic acids is 1. The number of hydrogen-bond acceptors (Lipinski definition) is 7. The van der Waals surface area contributed by atoms with Gasteiger partial charge >= 0.3 is 0 Å². The molecule has 0 bridgehead atoms. The van der Waals surface area contributed by atoms with Gasteiger partial charge in [-0.1, -0.05) is 36.5 Å². The van der Waals surface area contributed by atoms with Gasteiger partial charge < -0.3 is 20.7 Å². The normalized spacial score (nSPS) is 12.0. The van der Waals surface area contributed by atoms with Gasteiger partial charge in [-0.3, -0.25) is 4.79 Å². The molecule has 0 spiro atoms. The summed E-state index contributed by atoms with van der Waals surface area (Å²) >= 11 is 1.26. The summed E-state index contributed by atoms with van der Waals surface area (Å²) in [6, 6.07) is 15.6. The lowest BCUT2D eigenvalue weighted by molar-refractivity contribution is 0.104. The van der Waals surface area contributed by atoms with E-state index in [-0.39, 0.29) is 11.6 Å². The number of nitrogens with zero attached hydrogens (tertiary/aromatic N) is 2. The number of benzene rings is 2. The van der Waals surface area contributed by atoms with Crippen LogP contribution in [0.15, 0.2) is 48.5 Å². The van der Waals surface area contributed by atoms with Crippen molar-refractivity contribution >= 4 is 33.8 Å². The van der Waals surface area contributed by atoms with Gasteiger partial charge in [0.1, 0.15) is 23.1 Å². The zero-order valence-corrected chi connectivity index (χ0v) is 18.6. The van der Waals surface area contributed by atoms with E-state index in [1.165, 1.54) is 11.3 Å². The number of likely N-dealkylation sites (N-methyl/N-ethyl adjacent to an activating group) is 1. The number of ketones is 1. The number of aromatic nitrogens is 1. The summed E-state index contributed by atoms with van der Waals surface area (Å²) in [5, 5.41) is 3.80. The molecule has 3 rings (SSSR count).